The molecule has 92 valence electrons. The first kappa shape index (κ1) is 13.0. The largest absolute Gasteiger partial charge is 0.481 e. The Labute approximate surface area is 95.6 Å². The molecule has 0 radical (unpaired) electrons. The maximum absolute atomic E-state index is 12.0. The minimum atomic E-state index is -0.834. The maximum atomic E-state index is 12.0. The Kier molecular flexibility index (Phi) is 3.57. The number of aliphatic carboxylic acids is 1. The van der Waals surface area contributed by atoms with Crippen molar-refractivity contribution in [2.75, 3.05) is 13.1 Å². The standard InChI is InChI=1S/C11H20N2O3/c1-11(2,3)8(12)9(14)13-5-4-7(6-13)10(15)16/h7-8H,4-6,12H2,1-3H3,(H,15,16). The Morgan fingerprint density at radius 3 is 2.38 bits per heavy atom. The molecule has 0 bridgehead atoms. The lowest BCUT2D eigenvalue weighted by Crippen LogP contribution is -2.49. The predicted octanol–water partition coefficient (Wildman–Crippen LogP) is 0.293. The first-order valence-electron chi connectivity index (χ1n) is 5.50. The van der Waals surface area contributed by atoms with Crippen LogP contribution in [0.15, 0.2) is 0 Å². The summed E-state index contributed by atoms with van der Waals surface area (Å²) in [5.41, 5.74) is 5.56. The topological polar surface area (TPSA) is 83.6 Å². The molecule has 0 aromatic carbocycles. The van der Waals surface area contributed by atoms with Gasteiger partial charge in [-0.05, 0) is 11.8 Å². The highest BCUT2D eigenvalue weighted by Gasteiger charge is 2.36. The van der Waals surface area contributed by atoms with Gasteiger partial charge in [0.05, 0.1) is 12.0 Å². The second-order valence-corrected chi connectivity index (χ2v) is 5.45. The summed E-state index contributed by atoms with van der Waals surface area (Å²) in [6, 6.07) is -0.569. The summed E-state index contributed by atoms with van der Waals surface area (Å²) in [5, 5.41) is 8.84. The lowest BCUT2D eigenvalue weighted by molar-refractivity contribution is -0.141. The van der Waals surface area contributed by atoms with Crippen LogP contribution in [-0.2, 0) is 9.59 Å². The molecule has 0 saturated carbocycles. The van der Waals surface area contributed by atoms with E-state index in [1.807, 2.05) is 20.8 Å². The summed E-state index contributed by atoms with van der Waals surface area (Å²) < 4.78 is 0. The van der Waals surface area contributed by atoms with Crippen LogP contribution in [-0.4, -0.2) is 41.0 Å². The zero-order chi connectivity index (χ0) is 12.5. The summed E-state index contributed by atoms with van der Waals surface area (Å²) in [6.45, 7) is 6.50. The summed E-state index contributed by atoms with van der Waals surface area (Å²) in [4.78, 5) is 24.3. The van der Waals surface area contributed by atoms with Crippen LogP contribution in [0.25, 0.3) is 0 Å². The highest BCUT2D eigenvalue weighted by Crippen LogP contribution is 2.23. The Morgan fingerprint density at radius 2 is 2.00 bits per heavy atom. The summed E-state index contributed by atoms with van der Waals surface area (Å²) in [5.74, 6) is -1.41. The molecule has 3 N–H and O–H groups in total. The number of nitrogens with zero attached hydrogens (tertiary/aromatic N) is 1. The van der Waals surface area contributed by atoms with E-state index in [1.54, 1.807) is 4.90 Å². The van der Waals surface area contributed by atoms with Crippen molar-refractivity contribution in [2.45, 2.75) is 33.2 Å². The second kappa shape index (κ2) is 4.41. The zero-order valence-corrected chi connectivity index (χ0v) is 10.1. The Bertz CT molecular complexity index is 296. The fourth-order valence-corrected chi connectivity index (χ4v) is 1.73. The molecule has 1 fully saturated rings. The minimum absolute atomic E-state index is 0.142. The quantitative estimate of drug-likeness (QED) is 0.711. The average molecular weight is 228 g/mol. The maximum Gasteiger partial charge on any atom is 0.308 e. The van der Waals surface area contributed by atoms with Crippen molar-refractivity contribution in [3.8, 4) is 0 Å². The van der Waals surface area contributed by atoms with Gasteiger partial charge in [0.25, 0.3) is 0 Å². The lowest BCUT2D eigenvalue weighted by Gasteiger charge is -2.29. The van der Waals surface area contributed by atoms with E-state index in [2.05, 4.69) is 0 Å². The van der Waals surface area contributed by atoms with E-state index < -0.39 is 17.9 Å². The van der Waals surface area contributed by atoms with Gasteiger partial charge in [-0.15, -0.1) is 0 Å². The number of carboxylic acids is 1. The smallest absolute Gasteiger partial charge is 0.308 e. The average Bonchev–Trinajstić information content (AvgIpc) is 2.62. The number of carboxylic acid groups (broad SMARTS) is 1. The molecule has 0 aromatic rings. The fourth-order valence-electron chi connectivity index (χ4n) is 1.73. The number of amides is 1. The third-order valence-corrected chi connectivity index (χ3v) is 3.05. The van der Waals surface area contributed by atoms with Gasteiger partial charge in [-0.2, -0.15) is 0 Å². The van der Waals surface area contributed by atoms with Crippen LogP contribution in [0, 0.1) is 11.3 Å². The summed E-state index contributed by atoms with van der Waals surface area (Å²) in [6.07, 6.45) is 0.526. The monoisotopic (exact) mass is 228 g/mol. The Hall–Kier alpha value is -1.10. The van der Waals surface area contributed by atoms with Gasteiger partial charge in [-0.25, -0.2) is 0 Å². The number of carbonyl (C=O) groups is 2. The van der Waals surface area contributed by atoms with Crippen LogP contribution in [0.3, 0.4) is 0 Å². The molecule has 5 nitrogen and oxygen atoms in total. The molecule has 0 spiro atoms. The molecule has 0 aliphatic carbocycles. The first-order valence-corrected chi connectivity index (χ1v) is 5.50. The number of nitrogens with two attached hydrogens (primary N) is 1. The van der Waals surface area contributed by atoms with Crippen LogP contribution in [0.4, 0.5) is 0 Å². The van der Waals surface area contributed by atoms with Crippen LogP contribution in [0.1, 0.15) is 27.2 Å². The van der Waals surface area contributed by atoms with Crippen molar-refractivity contribution >= 4 is 11.9 Å². The molecule has 0 aromatic heterocycles. The summed E-state index contributed by atoms with van der Waals surface area (Å²) >= 11 is 0. The number of hydrogen-bond acceptors (Lipinski definition) is 3. The third-order valence-electron chi connectivity index (χ3n) is 3.05. The van der Waals surface area contributed by atoms with E-state index in [9.17, 15) is 9.59 Å². The number of hydrogen-bond donors (Lipinski definition) is 2. The molecule has 1 amide bonds. The first-order chi connectivity index (χ1) is 7.23. The Balaban J connectivity index is 2.61. The lowest BCUT2D eigenvalue weighted by atomic mass is 9.86. The molecule has 1 heterocycles. The highest BCUT2D eigenvalue weighted by atomic mass is 16.4. The molecule has 1 aliphatic rings. The van der Waals surface area contributed by atoms with Crippen LogP contribution in [0.2, 0.25) is 0 Å². The van der Waals surface area contributed by atoms with Crippen molar-refractivity contribution < 1.29 is 14.7 Å². The molecular weight excluding hydrogens is 208 g/mol. The van der Waals surface area contributed by atoms with Gasteiger partial charge >= 0.3 is 5.97 Å². The van der Waals surface area contributed by atoms with Crippen LogP contribution < -0.4 is 5.73 Å². The van der Waals surface area contributed by atoms with Crippen LogP contribution in [0.5, 0.6) is 0 Å². The number of carbonyl (C=O) groups excluding carboxylic acids is 1. The van der Waals surface area contributed by atoms with E-state index in [0.717, 1.165) is 0 Å². The predicted molar refractivity (Wildman–Crippen MR) is 59.8 cm³/mol. The molecule has 5 heteroatoms. The molecule has 1 rings (SSSR count). The van der Waals surface area contributed by atoms with Crippen molar-refractivity contribution in [1.82, 2.24) is 4.90 Å². The van der Waals surface area contributed by atoms with Gasteiger partial charge in [0.1, 0.15) is 0 Å². The van der Waals surface area contributed by atoms with Crippen molar-refractivity contribution in [3.05, 3.63) is 0 Å². The SMILES string of the molecule is CC(C)(C)C(N)C(=O)N1CCC(C(=O)O)C1. The van der Waals surface area contributed by atoms with Gasteiger partial charge in [0, 0.05) is 13.1 Å². The van der Waals surface area contributed by atoms with Gasteiger partial charge < -0.3 is 15.7 Å². The molecule has 1 aliphatic heterocycles. The Morgan fingerprint density at radius 1 is 1.44 bits per heavy atom. The molecule has 2 unspecified atom stereocenters. The number of rotatable bonds is 2. The third kappa shape index (κ3) is 2.72. The van der Waals surface area contributed by atoms with Gasteiger partial charge in [-0.1, -0.05) is 20.8 Å². The van der Waals surface area contributed by atoms with E-state index in [-0.39, 0.29) is 17.9 Å². The fraction of sp³-hybridized carbons (Fsp3) is 0.818. The molecule has 2 atom stereocenters. The van der Waals surface area contributed by atoms with Crippen molar-refractivity contribution in [3.63, 3.8) is 0 Å². The molecule has 16 heavy (non-hydrogen) atoms. The van der Waals surface area contributed by atoms with E-state index in [4.69, 9.17) is 10.8 Å². The van der Waals surface area contributed by atoms with Gasteiger partial charge in [0.2, 0.25) is 5.91 Å². The van der Waals surface area contributed by atoms with Crippen molar-refractivity contribution in [2.24, 2.45) is 17.1 Å². The van der Waals surface area contributed by atoms with Crippen LogP contribution >= 0.6 is 0 Å². The molecular formula is C11H20N2O3. The second-order valence-electron chi connectivity index (χ2n) is 5.45. The highest BCUT2D eigenvalue weighted by molar-refractivity contribution is 5.83. The van der Waals surface area contributed by atoms with E-state index in [1.165, 1.54) is 0 Å². The van der Waals surface area contributed by atoms with Crippen molar-refractivity contribution in [1.29, 1.82) is 0 Å². The normalized spacial score (nSPS) is 23.2. The molecule has 1 saturated heterocycles. The van der Waals surface area contributed by atoms with E-state index in [0.29, 0.717) is 13.0 Å². The van der Waals surface area contributed by atoms with E-state index >= 15 is 0 Å². The van der Waals surface area contributed by atoms with Gasteiger partial charge in [0.15, 0.2) is 0 Å². The zero-order valence-electron chi connectivity index (χ0n) is 10.1. The number of likely N-dealkylation sites (tertiary alicyclic amines) is 1. The summed E-state index contributed by atoms with van der Waals surface area (Å²) in [7, 11) is 0. The van der Waals surface area contributed by atoms with Gasteiger partial charge in [-0.3, -0.25) is 9.59 Å². The minimum Gasteiger partial charge on any atom is -0.481 e.